The number of carbonyl (C=O) groups excluding carboxylic acids is 1. The molecule has 0 aliphatic carbocycles. The highest BCUT2D eigenvalue weighted by Crippen LogP contribution is 2.35. The number of carbonyl (C=O) groups is 1. The normalized spacial score (nSPS) is 15.2. The van der Waals surface area contributed by atoms with Crippen LogP contribution in [-0.2, 0) is 16.1 Å². The van der Waals surface area contributed by atoms with E-state index >= 15 is 0 Å². The third kappa shape index (κ3) is 4.85. The van der Waals surface area contributed by atoms with Gasteiger partial charge in [0.25, 0.3) is 0 Å². The lowest BCUT2D eigenvalue weighted by Gasteiger charge is -2.28. The molecule has 2 heterocycles. The Labute approximate surface area is 195 Å². The van der Waals surface area contributed by atoms with Gasteiger partial charge >= 0.3 is 5.97 Å². The van der Waals surface area contributed by atoms with Crippen molar-refractivity contribution in [2.75, 3.05) is 11.9 Å². The summed E-state index contributed by atoms with van der Waals surface area (Å²) in [6.07, 6.45) is 3.26. The molecule has 1 N–H and O–H groups in total. The second kappa shape index (κ2) is 9.99. The molecule has 3 aromatic rings. The Kier molecular flexibility index (Phi) is 6.90. The molecular weight excluding hydrogens is 472 g/mol. The van der Waals surface area contributed by atoms with Crippen LogP contribution in [0.5, 0.6) is 5.75 Å². The quantitative estimate of drug-likeness (QED) is 0.338. The fourth-order valence-corrected chi connectivity index (χ4v) is 3.81. The first-order valence-corrected chi connectivity index (χ1v) is 11.4. The number of rotatable bonds is 8. The minimum absolute atomic E-state index is 0.342. The van der Waals surface area contributed by atoms with Gasteiger partial charge in [0.05, 0.1) is 12.2 Å². The molecule has 0 bridgehead atoms. The van der Waals surface area contributed by atoms with Crippen LogP contribution in [-0.4, -0.2) is 27.3 Å². The lowest BCUT2D eigenvalue weighted by Crippen LogP contribution is -2.29. The number of benzene rings is 2. The fourth-order valence-electron chi connectivity index (χ4n) is 3.54. The second-order valence-corrected chi connectivity index (χ2v) is 8.48. The van der Waals surface area contributed by atoms with Crippen molar-refractivity contribution >= 4 is 27.8 Å². The van der Waals surface area contributed by atoms with E-state index in [0.717, 1.165) is 34.2 Å². The SMILES string of the molecule is CCCCOC(=O)C1=C(C)Nc2ncnn2C1c1ccc(OCc2ccc(Br)cc2)cc1. The lowest BCUT2D eigenvalue weighted by molar-refractivity contribution is -0.139. The Balaban J connectivity index is 1.55. The van der Waals surface area contributed by atoms with Gasteiger partial charge in [-0.1, -0.05) is 53.5 Å². The van der Waals surface area contributed by atoms with Crippen LogP contribution < -0.4 is 10.1 Å². The van der Waals surface area contributed by atoms with Crippen LogP contribution in [0.15, 0.2) is 70.6 Å². The molecule has 0 saturated heterocycles. The van der Waals surface area contributed by atoms with E-state index in [-0.39, 0.29) is 5.97 Å². The Bertz CT molecular complexity index is 1110. The summed E-state index contributed by atoms with van der Waals surface area (Å²) in [6.45, 7) is 4.79. The molecular formula is C24H25BrN4O3. The smallest absolute Gasteiger partial charge is 0.338 e. The molecule has 8 heteroatoms. The molecule has 1 unspecified atom stereocenters. The third-order valence-corrected chi connectivity index (χ3v) is 5.79. The Morgan fingerprint density at radius 1 is 1.16 bits per heavy atom. The molecule has 4 rings (SSSR count). The van der Waals surface area contributed by atoms with Crippen molar-refractivity contribution in [1.29, 1.82) is 0 Å². The highest BCUT2D eigenvalue weighted by molar-refractivity contribution is 9.10. The molecule has 0 amide bonds. The highest BCUT2D eigenvalue weighted by atomic mass is 79.9. The number of hydrogen-bond acceptors (Lipinski definition) is 6. The largest absolute Gasteiger partial charge is 0.489 e. The first-order valence-electron chi connectivity index (χ1n) is 10.6. The number of anilines is 1. The van der Waals surface area contributed by atoms with Gasteiger partial charge in [0, 0.05) is 10.2 Å². The summed E-state index contributed by atoms with van der Waals surface area (Å²) in [6, 6.07) is 15.3. The van der Waals surface area contributed by atoms with Crippen molar-refractivity contribution in [1.82, 2.24) is 14.8 Å². The molecule has 0 spiro atoms. The number of nitrogens with one attached hydrogen (secondary N) is 1. The van der Waals surface area contributed by atoms with Crippen LogP contribution >= 0.6 is 15.9 Å². The van der Waals surface area contributed by atoms with Crippen molar-refractivity contribution < 1.29 is 14.3 Å². The number of halogens is 1. The van der Waals surface area contributed by atoms with Crippen molar-refractivity contribution in [2.45, 2.75) is 39.3 Å². The summed E-state index contributed by atoms with van der Waals surface area (Å²) >= 11 is 3.44. The van der Waals surface area contributed by atoms with Gasteiger partial charge in [0.2, 0.25) is 5.95 Å². The molecule has 0 saturated carbocycles. The Hall–Kier alpha value is -3.13. The highest BCUT2D eigenvalue weighted by Gasteiger charge is 2.34. The first-order chi connectivity index (χ1) is 15.6. The summed E-state index contributed by atoms with van der Waals surface area (Å²) in [5.74, 6) is 0.996. The van der Waals surface area contributed by atoms with E-state index in [4.69, 9.17) is 9.47 Å². The molecule has 166 valence electrons. The summed E-state index contributed by atoms with van der Waals surface area (Å²) in [5.41, 5.74) is 3.23. The van der Waals surface area contributed by atoms with Gasteiger partial charge in [-0.2, -0.15) is 10.1 Å². The van der Waals surface area contributed by atoms with Gasteiger partial charge in [-0.25, -0.2) is 9.48 Å². The number of nitrogens with zero attached hydrogens (tertiary/aromatic N) is 3. The minimum Gasteiger partial charge on any atom is -0.489 e. The predicted octanol–water partition coefficient (Wildman–Crippen LogP) is 5.25. The number of esters is 1. The Morgan fingerprint density at radius 2 is 1.91 bits per heavy atom. The van der Waals surface area contributed by atoms with E-state index in [1.807, 2.05) is 55.5 Å². The second-order valence-electron chi connectivity index (χ2n) is 7.57. The van der Waals surface area contributed by atoms with Crippen molar-refractivity contribution in [3.8, 4) is 5.75 Å². The molecule has 0 fully saturated rings. The molecule has 32 heavy (non-hydrogen) atoms. The van der Waals surface area contributed by atoms with Gasteiger partial charge in [-0.3, -0.25) is 0 Å². The van der Waals surface area contributed by atoms with Crippen LogP contribution in [0, 0.1) is 0 Å². The van der Waals surface area contributed by atoms with Crippen LogP contribution in [0.4, 0.5) is 5.95 Å². The van der Waals surface area contributed by atoms with E-state index in [1.165, 1.54) is 6.33 Å². The number of unbranched alkanes of at least 4 members (excludes halogenated alkanes) is 1. The van der Waals surface area contributed by atoms with Crippen molar-refractivity contribution in [3.63, 3.8) is 0 Å². The molecule has 7 nitrogen and oxygen atoms in total. The summed E-state index contributed by atoms with van der Waals surface area (Å²) in [5, 5.41) is 7.50. The van der Waals surface area contributed by atoms with E-state index in [2.05, 4.69) is 38.3 Å². The standard InChI is InChI=1S/C24H25BrN4O3/c1-3-4-13-31-23(30)21-16(2)28-24-26-15-27-29(24)22(21)18-7-11-20(12-8-18)32-14-17-5-9-19(25)10-6-17/h5-12,15,22H,3-4,13-14H2,1-2H3,(H,26,27,28). The van der Waals surface area contributed by atoms with Gasteiger partial charge in [-0.05, 0) is 48.7 Å². The first kappa shape index (κ1) is 22.1. The maximum absolute atomic E-state index is 12.9. The van der Waals surface area contributed by atoms with Crippen LogP contribution in [0.2, 0.25) is 0 Å². The van der Waals surface area contributed by atoms with Gasteiger partial charge in [0.1, 0.15) is 24.7 Å². The van der Waals surface area contributed by atoms with Gasteiger partial charge in [-0.15, -0.1) is 0 Å². The van der Waals surface area contributed by atoms with Crippen LogP contribution in [0.3, 0.4) is 0 Å². The molecule has 1 aliphatic rings. The monoisotopic (exact) mass is 496 g/mol. The average Bonchev–Trinajstić information content (AvgIpc) is 3.26. The maximum Gasteiger partial charge on any atom is 0.338 e. The zero-order valence-corrected chi connectivity index (χ0v) is 19.6. The molecule has 1 atom stereocenters. The fraction of sp³-hybridized carbons (Fsp3) is 0.292. The third-order valence-electron chi connectivity index (χ3n) is 5.26. The number of ether oxygens (including phenoxy) is 2. The van der Waals surface area contributed by atoms with E-state index < -0.39 is 6.04 Å². The molecule has 0 radical (unpaired) electrons. The van der Waals surface area contributed by atoms with Gasteiger partial charge < -0.3 is 14.8 Å². The number of fused-ring (bicyclic) bond motifs is 1. The molecule has 1 aliphatic heterocycles. The maximum atomic E-state index is 12.9. The van der Waals surface area contributed by atoms with Crippen molar-refractivity contribution in [3.05, 3.63) is 81.7 Å². The van der Waals surface area contributed by atoms with E-state index in [0.29, 0.717) is 30.4 Å². The zero-order valence-electron chi connectivity index (χ0n) is 18.0. The van der Waals surface area contributed by atoms with Crippen molar-refractivity contribution in [2.24, 2.45) is 0 Å². The average molecular weight is 497 g/mol. The van der Waals surface area contributed by atoms with E-state index in [1.54, 1.807) is 4.68 Å². The minimum atomic E-state index is -0.427. The predicted molar refractivity (Wildman–Crippen MR) is 125 cm³/mol. The molecule has 1 aromatic heterocycles. The summed E-state index contributed by atoms with van der Waals surface area (Å²) in [7, 11) is 0. The number of allylic oxidation sites excluding steroid dienone is 1. The number of aromatic nitrogens is 3. The topological polar surface area (TPSA) is 78.3 Å². The van der Waals surface area contributed by atoms with Crippen LogP contribution in [0.1, 0.15) is 43.9 Å². The number of hydrogen-bond donors (Lipinski definition) is 1. The van der Waals surface area contributed by atoms with Crippen LogP contribution in [0.25, 0.3) is 0 Å². The molecule has 2 aromatic carbocycles. The lowest BCUT2D eigenvalue weighted by atomic mass is 9.96. The Morgan fingerprint density at radius 3 is 2.62 bits per heavy atom. The zero-order chi connectivity index (χ0) is 22.5. The van der Waals surface area contributed by atoms with E-state index in [9.17, 15) is 4.79 Å². The summed E-state index contributed by atoms with van der Waals surface area (Å²) in [4.78, 5) is 17.2. The van der Waals surface area contributed by atoms with Gasteiger partial charge in [0.15, 0.2) is 0 Å². The summed E-state index contributed by atoms with van der Waals surface area (Å²) < 4.78 is 14.2.